The van der Waals surface area contributed by atoms with E-state index in [0.29, 0.717) is 32.0 Å². The van der Waals surface area contributed by atoms with Gasteiger partial charge < -0.3 is 15.4 Å². The Kier molecular flexibility index (Phi) is 7.66. The molecule has 21 heavy (non-hydrogen) atoms. The van der Waals surface area contributed by atoms with Crippen molar-refractivity contribution in [1.82, 2.24) is 9.62 Å². The molecule has 0 aliphatic carbocycles. The van der Waals surface area contributed by atoms with Crippen LogP contribution in [-0.2, 0) is 10.0 Å². The molecule has 0 saturated heterocycles. The summed E-state index contributed by atoms with van der Waals surface area (Å²) in [4.78, 5) is 2.28. The molecule has 0 fully saturated rings. The summed E-state index contributed by atoms with van der Waals surface area (Å²) < 4.78 is 32.2. The van der Waals surface area contributed by atoms with Crippen LogP contribution >= 0.6 is 0 Å². The fourth-order valence-corrected chi connectivity index (χ4v) is 2.62. The minimum atomic E-state index is -3.46. The van der Waals surface area contributed by atoms with Gasteiger partial charge in [0.05, 0.1) is 11.5 Å². The van der Waals surface area contributed by atoms with Gasteiger partial charge in [-0.1, -0.05) is 6.92 Å². The summed E-state index contributed by atoms with van der Waals surface area (Å²) in [6.45, 7) is 5.08. The first-order valence-corrected chi connectivity index (χ1v) is 8.59. The first-order valence-electron chi connectivity index (χ1n) is 7.10. The van der Waals surface area contributed by atoms with Crippen molar-refractivity contribution < 1.29 is 13.2 Å². The fraction of sp³-hybridized carbons (Fsp3) is 0.571. The lowest BCUT2D eigenvalue weighted by molar-refractivity contribution is 0.313. The summed E-state index contributed by atoms with van der Waals surface area (Å²) >= 11 is 0. The van der Waals surface area contributed by atoms with Crippen molar-refractivity contribution in [3.05, 3.63) is 24.3 Å². The topological polar surface area (TPSA) is 84.7 Å². The maximum absolute atomic E-state index is 12.1. The smallest absolute Gasteiger partial charge is 0.240 e. The predicted molar refractivity (Wildman–Crippen MR) is 84.0 cm³/mol. The van der Waals surface area contributed by atoms with Gasteiger partial charge in [-0.2, -0.15) is 0 Å². The third-order valence-electron chi connectivity index (χ3n) is 3.08. The molecule has 6 nitrogen and oxygen atoms in total. The summed E-state index contributed by atoms with van der Waals surface area (Å²) in [6.07, 6.45) is 0.770. The highest BCUT2D eigenvalue weighted by Gasteiger charge is 2.13. The number of rotatable bonds is 10. The molecule has 1 rings (SSSR count). The van der Waals surface area contributed by atoms with Crippen LogP contribution in [0.2, 0.25) is 0 Å². The lowest BCUT2D eigenvalue weighted by Crippen LogP contribution is -2.32. The van der Waals surface area contributed by atoms with Crippen LogP contribution in [-0.4, -0.2) is 53.2 Å². The summed E-state index contributed by atoms with van der Waals surface area (Å²) in [5.41, 5.74) is 5.38. The third kappa shape index (κ3) is 6.43. The molecule has 7 heteroatoms. The molecule has 0 aliphatic heterocycles. The molecule has 0 spiro atoms. The van der Waals surface area contributed by atoms with Gasteiger partial charge in [-0.25, -0.2) is 13.1 Å². The van der Waals surface area contributed by atoms with E-state index < -0.39 is 10.0 Å². The van der Waals surface area contributed by atoms with Gasteiger partial charge in [-0.05, 0) is 50.8 Å². The molecular formula is C14H25N3O3S. The van der Waals surface area contributed by atoms with Gasteiger partial charge >= 0.3 is 0 Å². The molecule has 0 saturated carbocycles. The van der Waals surface area contributed by atoms with Crippen molar-refractivity contribution in [1.29, 1.82) is 0 Å². The van der Waals surface area contributed by atoms with Gasteiger partial charge in [-0.3, -0.25) is 0 Å². The quantitative estimate of drug-likeness (QED) is 0.619. The van der Waals surface area contributed by atoms with Crippen LogP contribution in [0.5, 0.6) is 5.75 Å². The van der Waals surface area contributed by atoms with Crippen LogP contribution in [0.15, 0.2) is 29.2 Å². The Hall–Kier alpha value is -1.15. The highest BCUT2D eigenvalue weighted by Crippen LogP contribution is 2.15. The average Bonchev–Trinajstić information content (AvgIpc) is 2.47. The van der Waals surface area contributed by atoms with E-state index in [4.69, 9.17) is 10.5 Å². The third-order valence-corrected chi connectivity index (χ3v) is 4.55. The van der Waals surface area contributed by atoms with Crippen LogP contribution in [0.1, 0.15) is 13.3 Å². The second-order valence-corrected chi connectivity index (χ2v) is 6.52. The van der Waals surface area contributed by atoms with E-state index in [1.54, 1.807) is 24.3 Å². The summed E-state index contributed by atoms with van der Waals surface area (Å²) in [6, 6.07) is 6.40. The number of ether oxygens (including phenoxy) is 1. The number of benzene rings is 1. The van der Waals surface area contributed by atoms with Crippen LogP contribution in [0, 0.1) is 0 Å². The van der Waals surface area contributed by atoms with E-state index in [1.807, 2.05) is 18.9 Å². The van der Waals surface area contributed by atoms with Crippen molar-refractivity contribution in [2.24, 2.45) is 5.73 Å². The van der Waals surface area contributed by atoms with E-state index >= 15 is 0 Å². The normalized spacial score (nSPS) is 11.8. The Bertz CT molecular complexity index is 503. The Morgan fingerprint density at radius 1 is 1.29 bits per heavy atom. The molecule has 0 bridgehead atoms. The second-order valence-electron chi connectivity index (χ2n) is 4.76. The summed E-state index contributed by atoms with van der Waals surface area (Å²) in [5.74, 6) is 0.646. The summed E-state index contributed by atoms with van der Waals surface area (Å²) in [5, 5.41) is 0. The maximum atomic E-state index is 12.1. The van der Waals surface area contributed by atoms with Crippen molar-refractivity contribution in [3.63, 3.8) is 0 Å². The van der Waals surface area contributed by atoms with Gasteiger partial charge in [0.25, 0.3) is 0 Å². The summed E-state index contributed by atoms with van der Waals surface area (Å²) in [7, 11) is -1.51. The first-order chi connectivity index (χ1) is 9.99. The Labute approximate surface area is 127 Å². The Morgan fingerprint density at radius 2 is 1.95 bits per heavy atom. The zero-order valence-corrected chi connectivity index (χ0v) is 13.5. The fourth-order valence-electron chi connectivity index (χ4n) is 1.60. The van der Waals surface area contributed by atoms with E-state index in [9.17, 15) is 8.42 Å². The average molecular weight is 315 g/mol. The SMILES string of the molecule is CCN(C)CCNS(=O)(=O)c1ccc(OCCCN)cc1. The minimum Gasteiger partial charge on any atom is -0.494 e. The molecule has 0 atom stereocenters. The van der Waals surface area contributed by atoms with Gasteiger partial charge in [0.15, 0.2) is 0 Å². The number of nitrogens with two attached hydrogens (primary N) is 1. The molecule has 3 N–H and O–H groups in total. The highest BCUT2D eigenvalue weighted by molar-refractivity contribution is 7.89. The van der Waals surface area contributed by atoms with Gasteiger partial charge in [0.1, 0.15) is 5.75 Å². The van der Waals surface area contributed by atoms with Gasteiger partial charge in [-0.15, -0.1) is 0 Å². The highest BCUT2D eigenvalue weighted by atomic mass is 32.2. The maximum Gasteiger partial charge on any atom is 0.240 e. The van der Waals surface area contributed by atoms with Crippen LogP contribution < -0.4 is 15.2 Å². The van der Waals surface area contributed by atoms with E-state index in [0.717, 1.165) is 13.0 Å². The molecule has 120 valence electrons. The molecule has 0 aliphatic rings. The number of sulfonamides is 1. The molecule has 1 aromatic rings. The molecule has 0 aromatic heterocycles. The van der Waals surface area contributed by atoms with E-state index in [2.05, 4.69) is 4.72 Å². The van der Waals surface area contributed by atoms with Gasteiger partial charge in [0, 0.05) is 13.1 Å². The van der Waals surface area contributed by atoms with Crippen molar-refractivity contribution >= 4 is 10.0 Å². The van der Waals surface area contributed by atoms with E-state index in [1.165, 1.54) is 0 Å². The number of hydrogen-bond donors (Lipinski definition) is 2. The molecular weight excluding hydrogens is 290 g/mol. The zero-order chi connectivity index (χ0) is 15.7. The van der Waals surface area contributed by atoms with Crippen LogP contribution in [0.4, 0.5) is 0 Å². The monoisotopic (exact) mass is 315 g/mol. The lowest BCUT2D eigenvalue weighted by atomic mass is 10.3. The van der Waals surface area contributed by atoms with Crippen molar-refractivity contribution in [2.75, 3.05) is 39.8 Å². The number of hydrogen-bond acceptors (Lipinski definition) is 5. The van der Waals surface area contributed by atoms with Crippen LogP contribution in [0.25, 0.3) is 0 Å². The van der Waals surface area contributed by atoms with Crippen LogP contribution in [0.3, 0.4) is 0 Å². The molecule has 0 radical (unpaired) electrons. The van der Waals surface area contributed by atoms with Crippen molar-refractivity contribution in [3.8, 4) is 5.75 Å². The van der Waals surface area contributed by atoms with Crippen molar-refractivity contribution in [2.45, 2.75) is 18.2 Å². The zero-order valence-electron chi connectivity index (χ0n) is 12.7. The molecule has 0 amide bonds. The Morgan fingerprint density at radius 3 is 2.52 bits per heavy atom. The molecule has 1 aromatic carbocycles. The first kappa shape index (κ1) is 17.9. The van der Waals surface area contributed by atoms with E-state index in [-0.39, 0.29) is 4.90 Å². The largest absolute Gasteiger partial charge is 0.494 e. The Balaban J connectivity index is 2.54. The number of nitrogens with zero attached hydrogens (tertiary/aromatic N) is 1. The second kappa shape index (κ2) is 8.99. The molecule has 0 heterocycles. The van der Waals surface area contributed by atoms with Gasteiger partial charge in [0.2, 0.25) is 10.0 Å². The number of nitrogens with one attached hydrogen (secondary N) is 1. The standard InChI is InChI=1S/C14H25N3O3S/c1-3-17(2)11-10-16-21(18,19)14-7-5-13(6-8-14)20-12-4-9-15/h5-8,16H,3-4,9-12,15H2,1-2H3. The predicted octanol–water partition coefficient (Wildman–Crippen LogP) is 0.644. The number of likely N-dealkylation sites (N-methyl/N-ethyl adjacent to an activating group) is 1. The molecule has 0 unspecified atom stereocenters. The minimum absolute atomic E-state index is 0.243. The lowest BCUT2D eigenvalue weighted by Gasteiger charge is -2.14.